The molecule has 1 rings (SSSR count). The standard InChI is InChI=1S/C12H24N2O5S/c1-9(2)19-11(15)14-20(17,18)13-8-12(16)6-4-10(3)5-7-12/h9-10,13,16H,4-8H2,1-3H3,(H,14,15). The smallest absolute Gasteiger partial charge is 0.422 e. The monoisotopic (exact) mass is 308 g/mol. The lowest BCUT2D eigenvalue weighted by molar-refractivity contribution is -0.00191. The van der Waals surface area contributed by atoms with Crippen molar-refractivity contribution in [2.75, 3.05) is 6.54 Å². The molecule has 0 heterocycles. The van der Waals surface area contributed by atoms with E-state index in [1.54, 1.807) is 18.6 Å². The maximum absolute atomic E-state index is 11.6. The number of amides is 1. The maximum atomic E-state index is 11.6. The Hall–Kier alpha value is -0.860. The molecule has 1 aliphatic carbocycles. The van der Waals surface area contributed by atoms with Gasteiger partial charge in [0.2, 0.25) is 0 Å². The number of hydrogen-bond acceptors (Lipinski definition) is 5. The minimum absolute atomic E-state index is 0.107. The number of hydrogen-bond donors (Lipinski definition) is 3. The number of aliphatic hydroxyl groups is 1. The van der Waals surface area contributed by atoms with Crippen LogP contribution in [0.3, 0.4) is 0 Å². The zero-order chi connectivity index (χ0) is 15.4. The van der Waals surface area contributed by atoms with Crippen molar-refractivity contribution >= 4 is 16.3 Å². The Bertz CT molecular complexity index is 427. The van der Waals surface area contributed by atoms with Gasteiger partial charge in [-0.1, -0.05) is 6.92 Å². The van der Waals surface area contributed by atoms with Gasteiger partial charge in [-0.25, -0.2) is 9.52 Å². The van der Waals surface area contributed by atoms with Crippen LogP contribution in [-0.4, -0.2) is 37.9 Å². The minimum atomic E-state index is -4.01. The van der Waals surface area contributed by atoms with Gasteiger partial charge in [-0.15, -0.1) is 0 Å². The molecule has 3 N–H and O–H groups in total. The third kappa shape index (κ3) is 6.06. The largest absolute Gasteiger partial charge is 0.446 e. The summed E-state index contributed by atoms with van der Waals surface area (Å²) in [6.45, 7) is 5.23. The fourth-order valence-electron chi connectivity index (χ4n) is 2.09. The van der Waals surface area contributed by atoms with E-state index in [4.69, 9.17) is 0 Å². The van der Waals surface area contributed by atoms with Gasteiger partial charge in [0.1, 0.15) is 0 Å². The lowest BCUT2D eigenvalue weighted by Crippen LogP contribution is -2.49. The van der Waals surface area contributed by atoms with E-state index < -0.39 is 28.0 Å². The van der Waals surface area contributed by atoms with Crippen LogP contribution in [0.4, 0.5) is 4.79 Å². The molecule has 0 unspecified atom stereocenters. The summed E-state index contributed by atoms with van der Waals surface area (Å²) in [6.07, 6.45) is 1.38. The molecule has 1 fully saturated rings. The van der Waals surface area contributed by atoms with Crippen molar-refractivity contribution < 1.29 is 23.1 Å². The molecule has 0 atom stereocenters. The van der Waals surface area contributed by atoms with Crippen LogP contribution in [0, 0.1) is 5.92 Å². The topological polar surface area (TPSA) is 105 Å². The molecule has 1 saturated carbocycles. The molecule has 20 heavy (non-hydrogen) atoms. The Morgan fingerprint density at radius 1 is 1.40 bits per heavy atom. The minimum Gasteiger partial charge on any atom is -0.446 e. The van der Waals surface area contributed by atoms with Gasteiger partial charge in [0.25, 0.3) is 0 Å². The summed E-state index contributed by atoms with van der Waals surface area (Å²) in [5.74, 6) is 0.547. The van der Waals surface area contributed by atoms with Crippen molar-refractivity contribution in [1.82, 2.24) is 9.44 Å². The summed E-state index contributed by atoms with van der Waals surface area (Å²) >= 11 is 0. The zero-order valence-corrected chi connectivity index (χ0v) is 13.0. The Kier molecular flexibility index (Phi) is 5.79. The molecule has 118 valence electrons. The molecule has 0 saturated heterocycles. The molecule has 0 aromatic heterocycles. The average molecular weight is 308 g/mol. The quantitative estimate of drug-likeness (QED) is 0.700. The SMILES string of the molecule is CC1CCC(O)(CNS(=O)(=O)NC(=O)OC(C)C)CC1. The Balaban J connectivity index is 2.45. The van der Waals surface area contributed by atoms with Crippen molar-refractivity contribution in [3.05, 3.63) is 0 Å². The Morgan fingerprint density at radius 2 is 1.95 bits per heavy atom. The van der Waals surface area contributed by atoms with E-state index in [0.717, 1.165) is 12.8 Å². The van der Waals surface area contributed by atoms with Gasteiger partial charge in [-0.2, -0.15) is 13.1 Å². The molecular formula is C12H24N2O5S. The molecule has 0 aromatic rings. The van der Waals surface area contributed by atoms with E-state index in [2.05, 4.69) is 16.4 Å². The fourth-order valence-corrected chi connectivity index (χ4v) is 2.89. The summed E-state index contributed by atoms with van der Waals surface area (Å²) in [6, 6.07) is 0. The van der Waals surface area contributed by atoms with E-state index in [-0.39, 0.29) is 6.54 Å². The summed E-state index contributed by atoms with van der Waals surface area (Å²) in [5, 5.41) is 10.3. The second-order valence-corrected chi connectivity index (χ2v) is 7.29. The third-order valence-corrected chi connectivity index (χ3v) is 4.32. The van der Waals surface area contributed by atoms with Crippen molar-refractivity contribution in [3.63, 3.8) is 0 Å². The number of ether oxygens (including phenoxy) is 1. The summed E-state index contributed by atoms with van der Waals surface area (Å²) < 4.78 is 31.9. The van der Waals surface area contributed by atoms with Crippen LogP contribution in [0.5, 0.6) is 0 Å². The van der Waals surface area contributed by atoms with Gasteiger partial charge in [-0.05, 0) is 45.4 Å². The first-order valence-electron chi connectivity index (χ1n) is 6.82. The first-order valence-corrected chi connectivity index (χ1v) is 8.31. The van der Waals surface area contributed by atoms with Crippen molar-refractivity contribution in [2.45, 2.75) is 58.2 Å². The van der Waals surface area contributed by atoms with E-state index >= 15 is 0 Å². The van der Waals surface area contributed by atoms with E-state index in [1.807, 2.05) is 0 Å². The van der Waals surface area contributed by atoms with Gasteiger partial charge >= 0.3 is 16.3 Å². The van der Waals surface area contributed by atoms with Gasteiger partial charge < -0.3 is 9.84 Å². The van der Waals surface area contributed by atoms with Crippen LogP contribution < -0.4 is 9.44 Å². The second kappa shape index (κ2) is 6.73. The Morgan fingerprint density at radius 3 is 2.45 bits per heavy atom. The van der Waals surface area contributed by atoms with Crippen LogP contribution >= 0.6 is 0 Å². The van der Waals surface area contributed by atoms with Crippen LogP contribution in [0.2, 0.25) is 0 Å². The molecule has 0 aliphatic heterocycles. The summed E-state index contributed by atoms with van der Waals surface area (Å²) in [4.78, 5) is 11.2. The number of carbonyl (C=O) groups excluding carboxylic acids is 1. The highest BCUT2D eigenvalue weighted by Crippen LogP contribution is 2.31. The molecule has 0 aromatic carbocycles. The maximum Gasteiger partial charge on any atom is 0.422 e. The first-order chi connectivity index (χ1) is 9.12. The molecule has 0 spiro atoms. The number of nitrogens with one attached hydrogen (secondary N) is 2. The predicted molar refractivity (Wildman–Crippen MR) is 74.3 cm³/mol. The first kappa shape index (κ1) is 17.2. The van der Waals surface area contributed by atoms with Crippen LogP contribution in [-0.2, 0) is 14.9 Å². The predicted octanol–water partition coefficient (Wildman–Crippen LogP) is 0.897. The molecule has 7 nitrogen and oxygen atoms in total. The van der Waals surface area contributed by atoms with Gasteiger partial charge in [-0.3, -0.25) is 0 Å². The van der Waals surface area contributed by atoms with E-state index in [1.165, 1.54) is 0 Å². The molecule has 0 radical (unpaired) electrons. The highest BCUT2D eigenvalue weighted by Gasteiger charge is 2.33. The molecule has 0 bridgehead atoms. The van der Waals surface area contributed by atoms with E-state index in [0.29, 0.717) is 18.8 Å². The average Bonchev–Trinajstić information content (AvgIpc) is 2.29. The van der Waals surface area contributed by atoms with E-state index in [9.17, 15) is 18.3 Å². The number of carbonyl (C=O) groups is 1. The fraction of sp³-hybridized carbons (Fsp3) is 0.917. The lowest BCUT2D eigenvalue weighted by Gasteiger charge is -2.34. The lowest BCUT2D eigenvalue weighted by atomic mass is 9.80. The van der Waals surface area contributed by atoms with Crippen LogP contribution in [0.1, 0.15) is 46.5 Å². The van der Waals surface area contributed by atoms with Gasteiger partial charge in [0.05, 0.1) is 11.7 Å². The molecule has 8 heteroatoms. The summed E-state index contributed by atoms with van der Waals surface area (Å²) in [7, 11) is -4.01. The third-order valence-electron chi connectivity index (χ3n) is 3.36. The molecule has 1 amide bonds. The van der Waals surface area contributed by atoms with Crippen molar-refractivity contribution in [3.8, 4) is 0 Å². The highest BCUT2D eigenvalue weighted by atomic mass is 32.2. The van der Waals surface area contributed by atoms with Crippen molar-refractivity contribution in [2.24, 2.45) is 5.92 Å². The molecular weight excluding hydrogens is 284 g/mol. The second-order valence-electron chi connectivity index (χ2n) is 5.79. The van der Waals surface area contributed by atoms with Crippen molar-refractivity contribution in [1.29, 1.82) is 0 Å². The van der Waals surface area contributed by atoms with Gasteiger partial charge in [0, 0.05) is 6.54 Å². The Labute approximate surface area is 120 Å². The van der Waals surface area contributed by atoms with Crippen LogP contribution in [0.15, 0.2) is 0 Å². The normalized spacial score (nSPS) is 27.4. The zero-order valence-electron chi connectivity index (χ0n) is 12.2. The van der Waals surface area contributed by atoms with Crippen LogP contribution in [0.25, 0.3) is 0 Å². The molecule has 1 aliphatic rings. The summed E-state index contributed by atoms with van der Waals surface area (Å²) in [5.41, 5.74) is -1.04. The number of rotatable bonds is 5. The highest BCUT2D eigenvalue weighted by molar-refractivity contribution is 7.88. The van der Waals surface area contributed by atoms with Gasteiger partial charge in [0.15, 0.2) is 0 Å².